The van der Waals surface area contributed by atoms with Crippen molar-refractivity contribution in [2.45, 2.75) is 200 Å². The number of carbonyl (C=O) groups is 2. The van der Waals surface area contributed by atoms with E-state index in [0.29, 0.717) is 12.8 Å². The Balaban J connectivity index is 3.43. The standard InChI is InChI=1S/C41H74O5/c1-3-5-7-9-11-13-15-17-19-20-22-24-26-28-30-32-34-36-41(44)46-38-39(42)37-45-40(43)35-33-31-29-27-25-23-21-18-16-14-12-10-8-6-4-2/h6,8,12,14,18,21,39,42H,3-5,7,9-11,13,15-17,19-20,22-38H2,1-2H3/b8-6-,14-12-,21-18-/t39-/m0/s1. The molecule has 0 aromatic heterocycles. The van der Waals surface area contributed by atoms with Crippen LogP contribution in [0.25, 0.3) is 0 Å². The third-order valence-electron chi connectivity index (χ3n) is 8.39. The Morgan fingerprint density at radius 2 is 0.826 bits per heavy atom. The van der Waals surface area contributed by atoms with E-state index in [0.717, 1.165) is 64.2 Å². The molecule has 5 heteroatoms. The maximum absolute atomic E-state index is 12.0. The molecular formula is C41H74O5. The highest BCUT2D eigenvalue weighted by Gasteiger charge is 2.12. The fraction of sp³-hybridized carbons (Fsp3) is 0.805. The predicted molar refractivity (Wildman–Crippen MR) is 196 cm³/mol. The molecule has 46 heavy (non-hydrogen) atoms. The Kier molecular flexibility index (Phi) is 36.0. The summed E-state index contributed by atoms with van der Waals surface area (Å²) in [7, 11) is 0. The lowest BCUT2D eigenvalue weighted by molar-refractivity contribution is -0.152. The molecule has 0 heterocycles. The van der Waals surface area contributed by atoms with Crippen molar-refractivity contribution in [3.63, 3.8) is 0 Å². The number of hydrogen-bond donors (Lipinski definition) is 1. The fourth-order valence-corrected chi connectivity index (χ4v) is 5.45. The first kappa shape index (κ1) is 44.1. The van der Waals surface area contributed by atoms with Crippen LogP contribution in [-0.4, -0.2) is 36.4 Å². The molecule has 0 amide bonds. The molecule has 0 fully saturated rings. The molecule has 0 aliphatic rings. The van der Waals surface area contributed by atoms with Crippen molar-refractivity contribution in [2.75, 3.05) is 13.2 Å². The Morgan fingerprint density at radius 3 is 1.24 bits per heavy atom. The van der Waals surface area contributed by atoms with Crippen LogP contribution in [0.5, 0.6) is 0 Å². The average molecular weight is 647 g/mol. The van der Waals surface area contributed by atoms with E-state index >= 15 is 0 Å². The second-order valence-electron chi connectivity index (χ2n) is 13.0. The summed E-state index contributed by atoms with van der Waals surface area (Å²) in [6, 6.07) is 0. The van der Waals surface area contributed by atoms with Gasteiger partial charge in [0.05, 0.1) is 0 Å². The second-order valence-corrected chi connectivity index (χ2v) is 13.0. The first-order chi connectivity index (χ1) is 22.6. The van der Waals surface area contributed by atoms with Gasteiger partial charge < -0.3 is 14.6 Å². The van der Waals surface area contributed by atoms with Gasteiger partial charge in [0.1, 0.15) is 19.3 Å². The van der Waals surface area contributed by atoms with Gasteiger partial charge in [-0.15, -0.1) is 0 Å². The highest BCUT2D eigenvalue weighted by molar-refractivity contribution is 5.69. The number of carbonyl (C=O) groups excluding carboxylic acids is 2. The highest BCUT2D eigenvalue weighted by Crippen LogP contribution is 2.15. The van der Waals surface area contributed by atoms with Crippen molar-refractivity contribution >= 4 is 11.9 Å². The smallest absolute Gasteiger partial charge is 0.305 e. The van der Waals surface area contributed by atoms with E-state index in [4.69, 9.17) is 9.47 Å². The molecule has 0 spiro atoms. The monoisotopic (exact) mass is 647 g/mol. The van der Waals surface area contributed by atoms with Crippen LogP contribution in [0.3, 0.4) is 0 Å². The summed E-state index contributed by atoms with van der Waals surface area (Å²) in [5.74, 6) is -0.579. The van der Waals surface area contributed by atoms with Crippen molar-refractivity contribution < 1.29 is 24.2 Å². The number of esters is 2. The second kappa shape index (κ2) is 37.6. The van der Waals surface area contributed by atoms with Gasteiger partial charge in [-0.1, -0.05) is 172 Å². The van der Waals surface area contributed by atoms with Crippen LogP contribution in [0, 0.1) is 0 Å². The summed E-state index contributed by atoms with van der Waals surface area (Å²) in [6.07, 6.45) is 44.8. The maximum Gasteiger partial charge on any atom is 0.305 e. The molecule has 0 aromatic rings. The lowest BCUT2D eigenvalue weighted by Gasteiger charge is -2.12. The van der Waals surface area contributed by atoms with E-state index in [1.54, 1.807) is 0 Å². The molecule has 1 N–H and O–H groups in total. The quantitative estimate of drug-likeness (QED) is 0.0421. The summed E-state index contributed by atoms with van der Waals surface area (Å²) in [4.78, 5) is 23.9. The Morgan fingerprint density at radius 1 is 0.478 bits per heavy atom. The van der Waals surface area contributed by atoms with E-state index < -0.39 is 6.10 Å². The number of allylic oxidation sites excluding steroid dienone is 6. The lowest BCUT2D eigenvalue weighted by Crippen LogP contribution is -2.25. The van der Waals surface area contributed by atoms with Crippen LogP contribution in [0.1, 0.15) is 194 Å². The summed E-state index contributed by atoms with van der Waals surface area (Å²) in [6.45, 7) is 4.18. The third kappa shape index (κ3) is 36.6. The van der Waals surface area contributed by atoms with E-state index in [1.165, 1.54) is 103 Å². The molecule has 1 atom stereocenters. The van der Waals surface area contributed by atoms with Gasteiger partial charge in [0.2, 0.25) is 0 Å². The lowest BCUT2D eigenvalue weighted by atomic mass is 10.0. The van der Waals surface area contributed by atoms with Crippen LogP contribution in [0.4, 0.5) is 0 Å². The van der Waals surface area contributed by atoms with Gasteiger partial charge in [0.25, 0.3) is 0 Å². The van der Waals surface area contributed by atoms with E-state index in [1.807, 2.05) is 0 Å². The van der Waals surface area contributed by atoms with Gasteiger partial charge in [-0.2, -0.15) is 0 Å². The summed E-state index contributed by atoms with van der Waals surface area (Å²) >= 11 is 0. The van der Waals surface area contributed by atoms with Crippen molar-refractivity contribution in [1.82, 2.24) is 0 Å². The predicted octanol–water partition coefficient (Wildman–Crippen LogP) is 12.1. The van der Waals surface area contributed by atoms with Crippen LogP contribution in [0.15, 0.2) is 36.5 Å². The molecule has 0 saturated carbocycles. The molecule has 0 bridgehead atoms. The molecule has 268 valence electrons. The topological polar surface area (TPSA) is 72.8 Å². The molecule has 0 aliphatic carbocycles. The van der Waals surface area contributed by atoms with E-state index in [2.05, 4.69) is 50.3 Å². The van der Waals surface area contributed by atoms with Crippen LogP contribution < -0.4 is 0 Å². The van der Waals surface area contributed by atoms with Crippen molar-refractivity contribution in [3.8, 4) is 0 Å². The largest absolute Gasteiger partial charge is 0.463 e. The number of rotatable bonds is 35. The summed E-state index contributed by atoms with van der Waals surface area (Å²) in [5.41, 5.74) is 0. The molecule has 0 saturated heterocycles. The molecule has 5 nitrogen and oxygen atoms in total. The molecular weight excluding hydrogens is 572 g/mol. The van der Waals surface area contributed by atoms with Crippen LogP contribution in [0.2, 0.25) is 0 Å². The van der Waals surface area contributed by atoms with Crippen molar-refractivity contribution in [1.29, 1.82) is 0 Å². The zero-order chi connectivity index (χ0) is 33.6. The Hall–Kier alpha value is -1.88. The third-order valence-corrected chi connectivity index (χ3v) is 8.39. The van der Waals surface area contributed by atoms with Gasteiger partial charge in [-0.05, 0) is 44.9 Å². The highest BCUT2D eigenvalue weighted by atomic mass is 16.6. The molecule has 0 rings (SSSR count). The number of ether oxygens (including phenoxy) is 2. The van der Waals surface area contributed by atoms with Crippen LogP contribution in [-0.2, 0) is 19.1 Å². The first-order valence-corrected chi connectivity index (χ1v) is 19.5. The molecule has 0 aromatic carbocycles. The number of aliphatic hydroxyl groups excluding tert-OH is 1. The maximum atomic E-state index is 12.0. The zero-order valence-corrected chi connectivity index (χ0v) is 30.3. The summed E-state index contributed by atoms with van der Waals surface area (Å²) in [5, 5.41) is 10.0. The minimum Gasteiger partial charge on any atom is -0.463 e. The fourth-order valence-electron chi connectivity index (χ4n) is 5.45. The number of aliphatic hydroxyl groups is 1. The molecule has 0 unspecified atom stereocenters. The summed E-state index contributed by atoms with van der Waals surface area (Å²) < 4.78 is 10.3. The SMILES string of the molecule is CC/C=C\C/C=C\C/C=C\CCCCCCCC(=O)OC[C@H](O)COC(=O)CCCCCCCCCCCCCCCCCCC. The van der Waals surface area contributed by atoms with Gasteiger partial charge in [0, 0.05) is 12.8 Å². The van der Waals surface area contributed by atoms with E-state index in [-0.39, 0.29) is 25.2 Å². The zero-order valence-electron chi connectivity index (χ0n) is 30.3. The van der Waals surface area contributed by atoms with Crippen molar-refractivity contribution in [2.24, 2.45) is 0 Å². The number of unbranched alkanes of at least 4 members (excludes halogenated alkanes) is 21. The van der Waals surface area contributed by atoms with Crippen LogP contribution >= 0.6 is 0 Å². The minimum atomic E-state index is -0.968. The normalized spacial score (nSPS) is 12.5. The van der Waals surface area contributed by atoms with E-state index in [9.17, 15) is 14.7 Å². The molecule has 0 aliphatic heterocycles. The first-order valence-electron chi connectivity index (χ1n) is 19.5. The van der Waals surface area contributed by atoms with Gasteiger partial charge in [-0.3, -0.25) is 9.59 Å². The molecule has 0 radical (unpaired) electrons. The minimum absolute atomic E-state index is 0.119. The average Bonchev–Trinajstić information content (AvgIpc) is 3.06. The van der Waals surface area contributed by atoms with Crippen molar-refractivity contribution in [3.05, 3.63) is 36.5 Å². The Bertz CT molecular complexity index is 741. The Labute approximate surface area is 285 Å². The van der Waals surface area contributed by atoms with Gasteiger partial charge in [-0.25, -0.2) is 0 Å². The van der Waals surface area contributed by atoms with Gasteiger partial charge >= 0.3 is 11.9 Å². The number of hydrogen-bond acceptors (Lipinski definition) is 5. The van der Waals surface area contributed by atoms with Gasteiger partial charge in [0.15, 0.2) is 0 Å².